The summed E-state index contributed by atoms with van der Waals surface area (Å²) in [6.07, 6.45) is 0. The molecule has 0 bridgehead atoms. The van der Waals surface area contributed by atoms with Gasteiger partial charge in [0.05, 0.1) is 20.6 Å². The monoisotopic (exact) mass is 392 g/mol. The fraction of sp³-hybridized carbons (Fsp3) is 0.200. The molecule has 0 radical (unpaired) electrons. The number of non-ortho nitro benzene ring substituents is 1. The number of hydrogen-bond acceptors (Lipinski definition) is 8. The van der Waals surface area contributed by atoms with Crippen LogP contribution in [-0.2, 0) is 10.0 Å². The van der Waals surface area contributed by atoms with Crippen LogP contribution in [-0.4, -0.2) is 40.9 Å². The average Bonchev–Trinajstić information content (AvgIpc) is 3.24. The zero-order chi connectivity index (χ0) is 18.3. The lowest BCUT2D eigenvalue weighted by Gasteiger charge is -2.35. The highest BCUT2D eigenvalue weighted by atomic mass is 32.2. The first-order valence-corrected chi connectivity index (χ1v) is 9.89. The molecule has 0 spiro atoms. The number of sulfonamides is 1. The molecule has 0 amide bonds. The Kier molecular flexibility index (Phi) is 4.05. The van der Waals surface area contributed by atoms with E-state index in [2.05, 4.69) is 10.1 Å². The highest BCUT2D eigenvalue weighted by Gasteiger charge is 2.40. The van der Waals surface area contributed by atoms with Gasteiger partial charge < -0.3 is 4.52 Å². The van der Waals surface area contributed by atoms with Crippen LogP contribution in [0.3, 0.4) is 0 Å². The van der Waals surface area contributed by atoms with E-state index in [0.717, 1.165) is 10.9 Å². The lowest BCUT2D eigenvalue weighted by atomic mass is 10.0. The molecule has 1 aromatic carbocycles. The Bertz CT molecular complexity index is 1060. The Morgan fingerprint density at radius 1 is 1.27 bits per heavy atom. The van der Waals surface area contributed by atoms with Crippen LogP contribution < -0.4 is 0 Å². The van der Waals surface area contributed by atoms with E-state index in [0.29, 0.717) is 11.7 Å². The van der Waals surface area contributed by atoms with Gasteiger partial charge in [0.15, 0.2) is 0 Å². The van der Waals surface area contributed by atoms with E-state index in [1.807, 2.05) is 17.5 Å². The Hall–Kier alpha value is -2.63. The van der Waals surface area contributed by atoms with Gasteiger partial charge in [-0.2, -0.15) is 9.29 Å². The standard InChI is InChI=1S/C15H12N4O5S2/c20-19(21)11-3-1-4-12(7-11)26(22,23)18-8-10(9-18)15-16-14(17-24-15)13-5-2-6-25-13/h1-7,10H,8-9H2. The molecule has 0 atom stereocenters. The predicted molar refractivity (Wildman–Crippen MR) is 92.2 cm³/mol. The fourth-order valence-electron chi connectivity index (χ4n) is 2.60. The van der Waals surface area contributed by atoms with Gasteiger partial charge in [0.25, 0.3) is 5.69 Å². The lowest BCUT2D eigenvalue weighted by molar-refractivity contribution is -0.385. The highest BCUT2D eigenvalue weighted by Crippen LogP contribution is 2.33. The zero-order valence-electron chi connectivity index (χ0n) is 13.2. The predicted octanol–water partition coefficient (Wildman–Crippen LogP) is 2.49. The number of rotatable bonds is 5. The van der Waals surface area contributed by atoms with Gasteiger partial charge in [0, 0.05) is 25.2 Å². The van der Waals surface area contributed by atoms with Gasteiger partial charge in [0.1, 0.15) is 0 Å². The normalized spacial score (nSPS) is 15.7. The van der Waals surface area contributed by atoms with Crippen LogP contribution in [0.5, 0.6) is 0 Å². The maximum atomic E-state index is 12.6. The number of nitrogens with zero attached hydrogens (tertiary/aromatic N) is 4. The van der Waals surface area contributed by atoms with Crippen molar-refractivity contribution in [2.45, 2.75) is 10.8 Å². The maximum absolute atomic E-state index is 12.6. The van der Waals surface area contributed by atoms with Crippen LogP contribution in [0, 0.1) is 10.1 Å². The fourth-order valence-corrected chi connectivity index (χ4v) is 4.82. The molecule has 26 heavy (non-hydrogen) atoms. The SMILES string of the molecule is O=[N+]([O-])c1cccc(S(=O)(=O)N2CC(c3nc(-c4cccs4)no3)C2)c1. The van der Waals surface area contributed by atoms with Gasteiger partial charge in [-0.05, 0) is 17.5 Å². The number of nitro benzene ring substituents is 1. The number of nitro groups is 1. The van der Waals surface area contributed by atoms with Gasteiger partial charge in [-0.25, -0.2) is 8.42 Å². The van der Waals surface area contributed by atoms with E-state index in [1.54, 1.807) is 0 Å². The number of hydrogen-bond donors (Lipinski definition) is 0. The van der Waals surface area contributed by atoms with Crippen molar-refractivity contribution in [2.75, 3.05) is 13.1 Å². The average molecular weight is 392 g/mol. The molecule has 1 aliphatic heterocycles. The number of benzene rings is 1. The lowest BCUT2D eigenvalue weighted by Crippen LogP contribution is -2.48. The van der Waals surface area contributed by atoms with Crippen molar-refractivity contribution in [3.63, 3.8) is 0 Å². The molecule has 1 saturated heterocycles. The minimum Gasteiger partial charge on any atom is -0.339 e. The van der Waals surface area contributed by atoms with Gasteiger partial charge in [0.2, 0.25) is 21.7 Å². The molecule has 1 fully saturated rings. The molecular weight excluding hydrogens is 380 g/mol. The molecule has 0 unspecified atom stereocenters. The summed E-state index contributed by atoms with van der Waals surface area (Å²) >= 11 is 1.49. The topological polar surface area (TPSA) is 119 Å². The molecule has 1 aliphatic rings. The van der Waals surface area contributed by atoms with E-state index < -0.39 is 14.9 Å². The minimum atomic E-state index is -3.79. The molecule has 4 rings (SSSR count). The largest absolute Gasteiger partial charge is 0.339 e. The summed E-state index contributed by atoms with van der Waals surface area (Å²) in [4.78, 5) is 15.3. The molecule has 9 nitrogen and oxygen atoms in total. The Labute approximate surface area is 152 Å². The Morgan fingerprint density at radius 2 is 2.08 bits per heavy atom. The van der Waals surface area contributed by atoms with Crippen molar-refractivity contribution < 1.29 is 17.9 Å². The molecule has 2 aromatic heterocycles. The van der Waals surface area contributed by atoms with E-state index in [4.69, 9.17) is 4.52 Å². The third kappa shape index (κ3) is 2.89. The molecule has 0 saturated carbocycles. The number of thiophene rings is 1. The van der Waals surface area contributed by atoms with Gasteiger partial charge in [-0.15, -0.1) is 11.3 Å². The Morgan fingerprint density at radius 3 is 2.77 bits per heavy atom. The van der Waals surface area contributed by atoms with Crippen LogP contribution in [0.1, 0.15) is 11.8 Å². The van der Waals surface area contributed by atoms with Crippen LogP contribution in [0.2, 0.25) is 0 Å². The summed E-state index contributed by atoms with van der Waals surface area (Å²) in [5, 5.41) is 16.7. The molecular formula is C15H12N4O5S2. The van der Waals surface area contributed by atoms with Crippen LogP contribution in [0.4, 0.5) is 5.69 Å². The van der Waals surface area contributed by atoms with Crippen molar-refractivity contribution >= 4 is 27.0 Å². The van der Waals surface area contributed by atoms with Crippen molar-refractivity contribution in [1.82, 2.24) is 14.4 Å². The third-order valence-electron chi connectivity index (χ3n) is 4.05. The summed E-state index contributed by atoms with van der Waals surface area (Å²) in [7, 11) is -3.79. The molecule has 3 heterocycles. The first-order valence-electron chi connectivity index (χ1n) is 7.57. The van der Waals surface area contributed by atoms with E-state index in [1.165, 1.54) is 33.8 Å². The first kappa shape index (κ1) is 16.8. The van der Waals surface area contributed by atoms with Crippen molar-refractivity contribution in [2.24, 2.45) is 0 Å². The van der Waals surface area contributed by atoms with Crippen LogP contribution >= 0.6 is 11.3 Å². The second-order valence-corrected chi connectivity index (χ2v) is 8.59. The van der Waals surface area contributed by atoms with Crippen molar-refractivity contribution in [3.8, 4) is 10.7 Å². The molecule has 3 aromatic rings. The van der Waals surface area contributed by atoms with Gasteiger partial charge in [-0.3, -0.25) is 10.1 Å². The van der Waals surface area contributed by atoms with Gasteiger partial charge in [-0.1, -0.05) is 17.3 Å². The van der Waals surface area contributed by atoms with Crippen molar-refractivity contribution in [1.29, 1.82) is 0 Å². The van der Waals surface area contributed by atoms with Crippen LogP contribution in [0.25, 0.3) is 10.7 Å². The quantitative estimate of drug-likeness (QED) is 0.483. The van der Waals surface area contributed by atoms with E-state index in [9.17, 15) is 18.5 Å². The molecule has 134 valence electrons. The van der Waals surface area contributed by atoms with E-state index >= 15 is 0 Å². The summed E-state index contributed by atoms with van der Waals surface area (Å²) in [5.41, 5.74) is -0.263. The van der Waals surface area contributed by atoms with E-state index in [-0.39, 0.29) is 29.6 Å². The summed E-state index contributed by atoms with van der Waals surface area (Å²) in [5.74, 6) is 0.679. The molecule has 11 heteroatoms. The third-order valence-corrected chi connectivity index (χ3v) is 6.74. The summed E-state index contributed by atoms with van der Waals surface area (Å²) in [6.45, 7) is 0.383. The summed E-state index contributed by atoms with van der Waals surface area (Å²) < 4.78 is 31.7. The second kappa shape index (κ2) is 6.27. The molecule has 0 aliphatic carbocycles. The zero-order valence-corrected chi connectivity index (χ0v) is 14.8. The minimum absolute atomic E-state index is 0.102. The summed E-state index contributed by atoms with van der Waals surface area (Å²) in [6, 6.07) is 8.77. The Balaban J connectivity index is 1.49. The van der Waals surface area contributed by atoms with Gasteiger partial charge >= 0.3 is 0 Å². The van der Waals surface area contributed by atoms with Crippen LogP contribution in [0.15, 0.2) is 51.2 Å². The second-order valence-electron chi connectivity index (χ2n) is 5.71. The maximum Gasteiger partial charge on any atom is 0.270 e. The number of aromatic nitrogens is 2. The smallest absolute Gasteiger partial charge is 0.270 e. The first-order chi connectivity index (χ1) is 12.4. The molecule has 0 N–H and O–H groups in total. The van der Waals surface area contributed by atoms with Crippen molar-refractivity contribution in [3.05, 3.63) is 57.8 Å². The highest BCUT2D eigenvalue weighted by molar-refractivity contribution is 7.89.